The Morgan fingerprint density at radius 3 is 2.32 bits per heavy atom. The molecule has 0 saturated heterocycles. The van der Waals surface area contributed by atoms with Crippen LogP contribution in [-0.2, 0) is 16.0 Å². The van der Waals surface area contributed by atoms with Crippen molar-refractivity contribution in [2.75, 3.05) is 6.54 Å². The van der Waals surface area contributed by atoms with E-state index >= 15 is 0 Å². The van der Waals surface area contributed by atoms with Gasteiger partial charge in [-0.15, -0.1) is 0 Å². The van der Waals surface area contributed by atoms with Crippen molar-refractivity contribution in [1.29, 1.82) is 0 Å². The number of esters is 1. The highest BCUT2D eigenvalue weighted by molar-refractivity contribution is 6.02. The van der Waals surface area contributed by atoms with Crippen molar-refractivity contribution in [3.8, 4) is 33.9 Å². The monoisotopic (exact) mass is 466 g/mol. The summed E-state index contributed by atoms with van der Waals surface area (Å²) in [6, 6.07) is 9.95. The van der Waals surface area contributed by atoms with Gasteiger partial charge in [0.2, 0.25) is 0 Å². The van der Waals surface area contributed by atoms with Crippen molar-refractivity contribution >= 4 is 11.9 Å². The molecule has 0 aliphatic rings. The lowest BCUT2D eigenvalue weighted by Crippen LogP contribution is -2.23. The number of phenols is 2. The Morgan fingerprint density at radius 1 is 1.06 bits per heavy atom. The second kappa shape index (κ2) is 10.4. The summed E-state index contributed by atoms with van der Waals surface area (Å²) in [4.78, 5) is 24.7. The summed E-state index contributed by atoms with van der Waals surface area (Å²) < 4.78 is 10.8. The van der Waals surface area contributed by atoms with E-state index in [0.29, 0.717) is 28.8 Å². The number of carbonyl (C=O) groups excluding carboxylic acids is 2. The number of aromatic hydroxyl groups is 2. The maximum Gasteiger partial charge on any atom is 0.310 e. The standard InChI is InChI=1S/C26H30N2O6/c1-6-27-26(32)24-23(17-9-7-16(8-10-17)11-22(31)33-15(4)5)25(34-28-24)19-12-18(14(2)3)20(29)13-21(19)30/h7-10,12-15,29-30H,6,11H2,1-5H3,(H,27,32). The fraction of sp³-hybridized carbons (Fsp3) is 0.346. The Hall–Kier alpha value is -3.81. The van der Waals surface area contributed by atoms with Crippen molar-refractivity contribution in [3.63, 3.8) is 0 Å². The molecule has 0 fully saturated rings. The molecule has 1 amide bonds. The summed E-state index contributed by atoms with van der Waals surface area (Å²) >= 11 is 0. The predicted octanol–water partition coefficient (Wildman–Crippen LogP) is 4.79. The van der Waals surface area contributed by atoms with Gasteiger partial charge in [-0.2, -0.15) is 0 Å². The second-order valence-electron chi connectivity index (χ2n) is 8.59. The average molecular weight is 467 g/mol. The zero-order valence-electron chi connectivity index (χ0n) is 20.0. The molecule has 0 aliphatic heterocycles. The number of hydrogen-bond donors (Lipinski definition) is 3. The molecule has 0 bridgehead atoms. The number of phenolic OH excluding ortho intramolecular Hbond substituents is 2. The Bertz CT molecular complexity index is 1180. The minimum absolute atomic E-state index is 0.0153. The van der Waals surface area contributed by atoms with Gasteiger partial charge in [0.15, 0.2) is 11.5 Å². The first-order valence-corrected chi connectivity index (χ1v) is 11.2. The van der Waals surface area contributed by atoms with Crippen LogP contribution in [0.15, 0.2) is 40.9 Å². The summed E-state index contributed by atoms with van der Waals surface area (Å²) in [6.07, 6.45) is -0.0751. The normalized spacial score (nSPS) is 11.1. The largest absolute Gasteiger partial charge is 0.508 e. The topological polar surface area (TPSA) is 122 Å². The summed E-state index contributed by atoms with van der Waals surface area (Å²) in [5.41, 5.74) is 2.77. The molecule has 1 heterocycles. The Kier molecular flexibility index (Phi) is 7.61. The molecule has 8 nitrogen and oxygen atoms in total. The van der Waals surface area contributed by atoms with Crippen molar-refractivity contribution in [2.24, 2.45) is 0 Å². The number of nitrogens with zero attached hydrogens (tertiary/aromatic N) is 1. The maximum absolute atomic E-state index is 12.7. The Balaban J connectivity index is 2.10. The van der Waals surface area contributed by atoms with Crippen LogP contribution >= 0.6 is 0 Å². The molecule has 8 heteroatoms. The minimum Gasteiger partial charge on any atom is -0.508 e. The molecule has 2 aromatic carbocycles. The van der Waals surface area contributed by atoms with Gasteiger partial charge in [-0.05, 0) is 49.4 Å². The summed E-state index contributed by atoms with van der Waals surface area (Å²) in [5.74, 6) is -0.786. The number of carbonyl (C=O) groups is 2. The number of amides is 1. The van der Waals surface area contributed by atoms with Crippen LogP contribution in [0.2, 0.25) is 0 Å². The van der Waals surface area contributed by atoms with Gasteiger partial charge in [-0.1, -0.05) is 43.3 Å². The van der Waals surface area contributed by atoms with Crippen molar-refractivity contribution < 1.29 is 29.1 Å². The van der Waals surface area contributed by atoms with Crippen LogP contribution in [0.1, 0.15) is 62.2 Å². The van der Waals surface area contributed by atoms with Gasteiger partial charge in [0, 0.05) is 12.6 Å². The molecule has 180 valence electrons. The van der Waals surface area contributed by atoms with Crippen LogP contribution in [0.25, 0.3) is 22.5 Å². The number of benzene rings is 2. The first kappa shape index (κ1) is 24.8. The quantitative estimate of drug-likeness (QED) is 0.408. The van der Waals surface area contributed by atoms with Crippen molar-refractivity contribution in [1.82, 2.24) is 10.5 Å². The molecular formula is C26H30N2O6. The van der Waals surface area contributed by atoms with E-state index in [9.17, 15) is 19.8 Å². The van der Waals surface area contributed by atoms with E-state index in [-0.39, 0.29) is 47.4 Å². The number of nitrogens with one attached hydrogen (secondary N) is 1. The third kappa shape index (κ3) is 5.39. The lowest BCUT2D eigenvalue weighted by Gasteiger charge is -2.13. The highest BCUT2D eigenvalue weighted by Gasteiger charge is 2.27. The zero-order valence-corrected chi connectivity index (χ0v) is 20.0. The van der Waals surface area contributed by atoms with E-state index in [4.69, 9.17) is 9.26 Å². The maximum atomic E-state index is 12.7. The molecule has 0 spiro atoms. The van der Waals surface area contributed by atoms with E-state index in [2.05, 4.69) is 10.5 Å². The van der Waals surface area contributed by atoms with Crippen molar-refractivity contribution in [3.05, 3.63) is 53.2 Å². The van der Waals surface area contributed by atoms with Crippen LogP contribution in [-0.4, -0.2) is 39.9 Å². The molecule has 3 aromatic rings. The predicted molar refractivity (Wildman–Crippen MR) is 128 cm³/mol. The van der Waals surface area contributed by atoms with E-state index in [1.54, 1.807) is 51.1 Å². The molecule has 0 atom stereocenters. The third-order valence-corrected chi connectivity index (χ3v) is 5.21. The third-order valence-electron chi connectivity index (χ3n) is 5.21. The molecule has 0 aliphatic carbocycles. The molecule has 1 aromatic heterocycles. The van der Waals surface area contributed by atoms with Crippen LogP contribution in [0.4, 0.5) is 0 Å². The Labute approximate surface area is 198 Å². The highest BCUT2D eigenvalue weighted by atomic mass is 16.5. The molecular weight excluding hydrogens is 436 g/mol. The first-order chi connectivity index (χ1) is 16.1. The van der Waals surface area contributed by atoms with Gasteiger partial charge < -0.3 is 24.8 Å². The van der Waals surface area contributed by atoms with E-state index < -0.39 is 5.91 Å². The fourth-order valence-corrected chi connectivity index (χ4v) is 3.64. The number of rotatable bonds is 8. The van der Waals surface area contributed by atoms with Gasteiger partial charge >= 0.3 is 5.97 Å². The van der Waals surface area contributed by atoms with Gasteiger partial charge in [-0.25, -0.2) is 0 Å². The lowest BCUT2D eigenvalue weighted by molar-refractivity contribution is -0.146. The molecule has 34 heavy (non-hydrogen) atoms. The molecule has 0 unspecified atom stereocenters. The Morgan fingerprint density at radius 2 is 1.74 bits per heavy atom. The fourth-order valence-electron chi connectivity index (χ4n) is 3.64. The number of hydrogen-bond acceptors (Lipinski definition) is 7. The van der Waals surface area contributed by atoms with Gasteiger partial charge in [-0.3, -0.25) is 9.59 Å². The second-order valence-corrected chi connectivity index (χ2v) is 8.59. The minimum atomic E-state index is -0.417. The number of ether oxygens (including phenoxy) is 1. The molecule has 3 N–H and O–H groups in total. The van der Waals surface area contributed by atoms with E-state index in [0.717, 1.165) is 5.56 Å². The van der Waals surface area contributed by atoms with E-state index in [1.165, 1.54) is 6.07 Å². The van der Waals surface area contributed by atoms with Crippen LogP contribution in [0, 0.1) is 0 Å². The molecule has 3 rings (SSSR count). The lowest BCUT2D eigenvalue weighted by atomic mass is 9.93. The van der Waals surface area contributed by atoms with Gasteiger partial charge in [0.25, 0.3) is 5.91 Å². The summed E-state index contributed by atoms with van der Waals surface area (Å²) in [5, 5.41) is 27.5. The zero-order chi connectivity index (χ0) is 25.0. The van der Waals surface area contributed by atoms with E-state index in [1.807, 2.05) is 13.8 Å². The average Bonchev–Trinajstić information content (AvgIpc) is 3.18. The van der Waals surface area contributed by atoms with Crippen LogP contribution in [0.5, 0.6) is 11.5 Å². The summed E-state index contributed by atoms with van der Waals surface area (Å²) in [7, 11) is 0. The van der Waals surface area contributed by atoms with Crippen LogP contribution < -0.4 is 5.32 Å². The van der Waals surface area contributed by atoms with Crippen LogP contribution in [0.3, 0.4) is 0 Å². The summed E-state index contributed by atoms with van der Waals surface area (Å²) in [6.45, 7) is 9.62. The molecule has 0 radical (unpaired) electrons. The van der Waals surface area contributed by atoms with Gasteiger partial charge in [0.1, 0.15) is 11.5 Å². The molecule has 0 saturated carbocycles. The highest BCUT2D eigenvalue weighted by Crippen LogP contribution is 2.43. The van der Waals surface area contributed by atoms with Crippen molar-refractivity contribution in [2.45, 2.75) is 53.1 Å². The number of aromatic nitrogens is 1. The SMILES string of the molecule is CCNC(=O)c1noc(-c2cc(C(C)C)c(O)cc2O)c1-c1ccc(CC(=O)OC(C)C)cc1. The first-order valence-electron chi connectivity index (χ1n) is 11.2. The smallest absolute Gasteiger partial charge is 0.310 e. The van der Waals surface area contributed by atoms with Gasteiger partial charge in [0.05, 0.1) is 23.7 Å².